The molecular formula is C19H28N2O5. The molecule has 144 valence electrons. The predicted molar refractivity (Wildman–Crippen MR) is 96.8 cm³/mol. The van der Waals surface area contributed by atoms with Crippen LogP contribution in [0.15, 0.2) is 30.3 Å². The van der Waals surface area contributed by atoms with E-state index in [1.165, 1.54) is 0 Å². The number of nitrogens with one attached hydrogen (secondary N) is 1. The summed E-state index contributed by atoms with van der Waals surface area (Å²) in [7, 11) is 1.60. The number of carbonyl (C=O) groups is 2. The number of benzene rings is 1. The topological polar surface area (TPSA) is 77.1 Å². The number of methoxy groups -OCH3 is 1. The molecule has 0 spiro atoms. The highest BCUT2D eigenvalue weighted by Crippen LogP contribution is 2.17. The Hall–Kier alpha value is -2.28. The fraction of sp³-hybridized carbons (Fsp3) is 0.579. The van der Waals surface area contributed by atoms with Gasteiger partial charge in [0.05, 0.1) is 12.1 Å². The third-order valence-electron chi connectivity index (χ3n) is 4.02. The minimum atomic E-state index is -0.588. The lowest BCUT2D eigenvalue weighted by atomic mass is 10.0. The highest BCUT2D eigenvalue weighted by Gasteiger charge is 2.34. The van der Waals surface area contributed by atoms with Crippen LogP contribution in [0.3, 0.4) is 0 Å². The van der Waals surface area contributed by atoms with Crippen molar-refractivity contribution < 1.29 is 23.8 Å². The zero-order chi connectivity index (χ0) is 19.2. The summed E-state index contributed by atoms with van der Waals surface area (Å²) in [5, 5.41) is 2.80. The first-order valence-corrected chi connectivity index (χ1v) is 8.76. The van der Waals surface area contributed by atoms with Crippen molar-refractivity contribution in [2.75, 3.05) is 20.2 Å². The fourth-order valence-electron chi connectivity index (χ4n) is 2.79. The predicted octanol–water partition coefficient (Wildman–Crippen LogP) is 2.94. The molecule has 0 aliphatic carbocycles. The van der Waals surface area contributed by atoms with Crippen LogP contribution in [0.2, 0.25) is 0 Å². The highest BCUT2D eigenvalue weighted by atomic mass is 16.6. The van der Waals surface area contributed by atoms with Crippen molar-refractivity contribution >= 4 is 12.2 Å². The number of hydrogen-bond acceptors (Lipinski definition) is 5. The van der Waals surface area contributed by atoms with Crippen molar-refractivity contribution in [3.05, 3.63) is 35.9 Å². The number of rotatable bonds is 4. The second-order valence-corrected chi connectivity index (χ2v) is 7.30. The third-order valence-corrected chi connectivity index (χ3v) is 4.02. The maximum atomic E-state index is 12.3. The number of nitrogens with zero attached hydrogens (tertiary/aromatic N) is 1. The molecule has 0 aromatic heterocycles. The number of likely N-dealkylation sites (tertiary alicyclic amines) is 1. The van der Waals surface area contributed by atoms with Crippen molar-refractivity contribution in [2.24, 2.45) is 0 Å². The zero-order valence-corrected chi connectivity index (χ0v) is 15.9. The standard InChI is InChI=1S/C19H28N2O5/c1-19(2,3)26-17(22)20-15-12-21(11-10-16(15)24-4)18(23)25-13-14-8-6-5-7-9-14/h5-9,15-16H,10-13H2,1-4H3,(H,20,22)/t15-,16+/m0/s1. The lowest BCUT2D eigenvalue weighted by Crippen LogP contribution is -2.57. The van der Waals surface area contributed by atoms with Crippen molar-refractivity contribution in [3.63, 3.8) is 0 Å². The molecule has 26 heavy (non-hydrogen) atoms. The van der Waals surface area contributed by atoms with E-state index >= 15 is 0 Å². The summed E-state index contributed by atoms with van der Waals surface area (Å²) in [6.07, 6.45) is -0.499. The van der Waals surface area contributed by atoms with E-state index in [1.807, 2.05) is 30.3 Å². The molecule has 0 saturated carbocycles. The zero-order valence-electron chi connectivity index (χ0n) is 15.9. The van der Waals surface area contributed by atoms with Gasteiger partial charge in [-0.25, -0.2) is 9.59 Å². The highest BCUT2D eigenvalue weighted by molar-refractivity contribution is 5.70. The van der Waals surface area contributed by atoms with Crippen molar-refractivity contribution in [3.8, 4) is 0 Å². The summed E-state index contributed by atoms with van der Waals surface area (Å²) in [6.45, 7) is 6.44. The number of carbonyl (C=O) groups excluding carboxylic acids is 2. The fourth-order valence-corrected chi connectivity index (χ4v) is 2.79. The molecule has 7 nitrogen and oxygen atoms in total. The van der Waals surface area contributed by atoms with Gasteiger partial charge in [0.1, 0.15) is 12.2 Å². The van der Waals surface area contributed by atoms with Crippen LogP contribution in [0, 0.1) is 0 Å². The Morgan fingerprint density at radius 3 is 2.54 bits per heavy atom. The Balaban J connectivity index is 1.90. The summed E-state index contributed by atoms with van der Waals surface area (Å²) >= 11 is 0. The monoisotopic (exact) mass is 364 g/mol. The van der Waals surface area contributed by atoms with Gasteiger partial charge in [-0.05, 0) is 32.8 Å². The van der Waals surface area contributed by atoms with Gasteiger partial charge in [-0.15, -0.1) is 0 Å². The van der Waals surface area contributed by atoms with Crippen LogP contribution in [0.1, 0.15) is 32.8 Å². The summed E-state index contributed by atoms with van der Waals surface area (Å²) < 4.78 is 16.1. The Bertz CT molecular complexity index is 600. The summed E-state index contributed by atoms with van der Waals surface area (Å²) in [6, 6.07) is 9.15. The molecule has 1 saturated heterocycles. The summed E-state index contributed by atoms with van der Waals surface area (Å²) in [5.41, 5.74) is 0.339. The number of alkyl carbamates (subject to hydrolysis) is 1. The van der Waals surface area contributed by atoms with E-state index in [2.05, 4.69) is 5.32 Å². The maximum absolute atomic E-state index is 12.3. The van der Waals surface area contributed by atoms with E-state index in [9.17, 15) is 9.59 Å². The molecule has 0 unspecified atom stereocenters. The molecule has 1 heterocycles. The first kappa shape index (κ1) is 20.0. The molecule has 1 aliphatic rings. The smallest absolute Gasteiger partial charge is 0.410 e. The van der Waals surface area contributed by atoms with Gasteiger partial charge in [-0.2, -0.15) is 0 Å². The molecule has 1 N–H and O–H groups in total. The Kier molecular flexibility index (Phi) is 6.85. The SMILES string of the molecule is CO[C@@H]1CCN(C(=O)OCc2ccccc2)C[C@@H]1NC(=O)OC(C)(C)C. The Morgan fingerprint density at radius 1 is 1.23 bits per heavy atom. The molecule has 2 atom stereocenters. The normalized spacial score (nSPS) is 20.4. The lowest BCUT2D eigenvalue weighted by Gasteiger charge is -2.37. The van der Waals surface area contributed by atoms with E-state index in [0.29, 0.717) is 19.5 Å². The van der Waals surface area contributed by atoms with Gasteiger partial charge in [0, 0.05) is 20.2 Å². The molecule has 1 aromatic rings. The Morgan fingerprint density at radius 2 is 1.92 bits per heavy atom. The van der Waals surface area contributed by atoms with Gasteiger partial charge in [-0.1, -0.05) is 30.3 Å². The number of amides is 2. The van der Waals surface area contributed by atoms with Crippen molar-refractivity contribution in [2.45, 2.75) is 51.5 Å². The number of hydrogen-bond donors (Lipinski definition) is 1. The molecule has 1 aromatic carbocycles. The second kappa shape index (κ2) is 8.89. The van der Waals surface area contributed by atoms with Gasteiger partial charge >= 0.3 is 12.2 Å². The summed E-state index contributed by atoms with van der Waals surface area (Å²) in [5.74, 6) is 0. The molecule has 0 radical (unpaired) electrons. The largest absolute Gasteiger partial charge is 0.445 e. The first-order valence-electron chi connectivity index (χ1n) is 8.76. The van der Waals surface area contributed by atoms with Gasteiger partial charge in [0.15, 0.2) is 0 Å². The van der Waals surface area contributed by atoms with Gasteiger partial charge < -0.3 is 24.4 Å². The third kappa shape index (κ3) is 6.22. The molecule has 0 bridgehead atoms. The van der Waals surface area contributed by atoms with Crippen LogP contribution in [0.4, 0.5) is 9.59 Å². The second-order valence-electron chi connectivity index (χ2n) is 7.30. The quantitative estimate of drug-likeness (QED) is 0.889. The number of piperidine rings is 1. The number of ether oxygens (including phenoxy) is 3. The molecule has 7 heteroatoms. The van der Waals surface area contributed by atoms with E-state index in [-0.39, 0.29) is 18.8 Å². The average molecular weight is 364 g/mol. The molecule has 2 rings (SSSR count). The van der Waals surface area contributed by atoms with E-state index in [0.717, 1.165) is 5.56 Å². The maximum Gasteiger partial charge on any atom is 0.410 e. The van der Waals surface area contributed by atoms with Crippen molar-refractivity contribution in [1.29, 1.82) is 0 Å². The van der Waals surface area contributed by atoms with Gasteiger partial charge in [0.2, 0.25) is 0 Å². The van der Waals surface area contributed by atoms with E-state index in [1.54, 1.807) is 32.8 Å². The first-order chi connectivity index (χ1) is 12.3. The molecule has 2 amide bonds. The minimum absolute atomic E-state index is 0.180. The Labute approximate surface area is 154 Å². The van der Waals surface area contributed by atoms with Crippen LogP contribution in [-0.4, -0.2) is 55.0 Å². The van der Waals surface area contributed by atoms with Crippen molar-refractivity contribution in [1.82, 2.24) is 10.2 Å². The molecule has 1 aliphatic heterocycles. The molecular weight excluding hydrogens is 336 g/mol. The van der Waals surface area contributed by atoms with E-state index in [4.69, 9.17) is 14.2 Å². The van der Waals surface area contributed by atoms with Crippen LogP contribution >= 0.6 is 0 Å². The molecule has 1 fully saturated rings. The van der Waals surface area contributed by atoms with Crippen LogP contribution in [0.5, 0.6) is 0 Å². The van der Waals surface area contributed by atoms with Crippen LogP contribution < -0.4 is 5.32 Å². The average Bonchev–Trinajstić information content (AvgIpc) is 2.58. The minimum Gasteiger partial charge on any atom is -0.445 e. The van der Waals surface area contributed by atoms with Gasteiger partial charge in [0.25, 0.3) is 0 Å². The lowest BCUT2D eigenvalue weighted by molar-refractivity contribution is -0.000637. The van der Waals surface area contributed by atoms with Crippen LogP contribution in [0.25, 0.3) is 0 Å². The van der Waals surface area contributed by atoms with Gasteiger partial charge in [-0.3, -0.25) is 0 Å². The van der Waals surface area contributed by atoms with Crippen LogP contribution in [-0.2, 0) is 20.8 Å². The van der Waals surface area contributed by atoms with E-state index < -0.39 is 17.8 Å². The summed E-state index contributed by atoms with van der Waals surface area (Å²) in [4.78, 5) is 26.0.